The highest BCUT2D eigenvalue weighted by atomic mass is 16.6. The Morgan fingerprint density at radius 3 is 2.88 bits per heavy atom. The van der Waals surface area contributed by atoms with Crippen LogP contribution in [0.5, 0.6) is 0 Å². The van der Waals surface area contributed by atoms with Crippen LogP contribution in [-0.4, -0.2) is 39.0 Å². The van der Waals surface area contributed by atoms with Crippen molar-refractivity contribution in [2.75, 3.05) is 13.1 Å². The summed E-state index contributed by atoms with van der Waals surface area (Å²) in [6, 6.07) is 4.81. The van der Waals surface area contributed by atoms with Gasteiger partial charge in [-0.15, -0.1) is 0 Å². The van der Waals surface area contributed by atoms with Crippen LogP contribution in [0.15, 0.2) is 22.7 Å². The summed E-state index contributed by atoms with van der Waals surface area (Å²) in [4.78, 5) is 29.5. The van der Waals surface area contributed by atoms with Gasteiger partial charge in [-0.05, 0) is 32.8 Å². The fraction of sp³-hybridized carbons (Fsp3) is 0.438. The maximum atomic E-state index is 12.8. The topological polar surface area (TPSA) is 102 Å². The molecule has 0 bridgehead atoms. The zero-order valence-corrected chi connectivity index (χ0v) is 13.6. The average molecular weight is 330 g/mol. The largest absolute Gasteiger partial charge is 0.339 e. The molecule has 24 heavy (non-hydrogen) atoms. The van der Waals surface area contributed by atoms with Crippen molar-refractivity contribution in [2.45, 2.75) is 32.6 Å². The average Bonchev–Trinajstić information content (AvgIpc) is 3.00. The molecule has 0 saturated carbocycles. The summed E-state index contributed by atoms with van der Waals surface area (Å²) in [5.41, 5.74) is 0.479. The van der Waals surface area contributed by atoms with Crippen molar-refractivity contribution in [1.82, 2.24) is 15.0 Å². The van der Waals surface area contributed by atoms with Gasteiger partial charge in [-0.1, -0.05) is 17.3 Å². The maximum Gasteiger partial charge on any atom is 0.285 e. The van der Waals surface area contributed by atoms with Crippen molar-refractivity contribution >= 4 is 11.6 Å². The number of nitro benzene ring substituents is 1. The molecule has 8 heteroatoms. The second-order valence-electron chi connectivity index (χ2n) is 6.00. The van der Waals surface area contributed by atoms with Crippen molar-refractivity contribution in [3.8, 4) is 0 Å². The zero-order chi connectivity index (χ0) is 17.3. The molecule has 1 saturated heterocycles. The lowest BCUT2D eigenvalue weighted by atomic mass is 9.96. The van der Waals surface area contributed by atoms with Crippen LogP contribution in [0.4, 0.5) is 5.69 Å². The summed E-state index contributed by atoms with van der Waals surface area (Å²) in [5, 5.41) is 15.1. The number of para-hydroxylation sites is 1. The molecule has 1 amide bonds. The van der Waals surface area contributed by atoms with Gasteiger partial charge in [0.05, 0.1) is 10.8 Å². The van der Waals surface area contributed by atoms with E-state index in [0.717, 1.165) is 12.8 Å². The molecule has 1 atom stereocenters. The Labute approximate surface area is 138 Å². The minimum absolute atomic E-state index is 0.0345. The molecule has 1 fully saturated rings. The van der Waals surface area contributed by atoms with Gasteiger partial charge in [0, 0.05) is 18.7 Å². The molecule has 0 radical (unpaired) electrons. The smallest absolute Gasteiger partial charge is 0.285 e. The summed E-state index contributed by atoms with van der Waals surface area (Å²) < 4.78 is 5.21. The summed E-state index contributed by atoms with van der Waals surface area (Å²) in [7, 11) is 0. The summed E-state index contributed by atoms with van der Waals surface area (Å²) in [6.07, 6.45) is 1.64. The van der Waals surface area contributed by atoms with Crippen LogP contribution in [0.2, 0.25) is 0 Å². The normalized spacial score (nSPS) is 17.8. The van der Waals surface area contributed by atoms with Crippen LogP contribution in [0.25, 0.3) is 0 Å². The van der Waals surface area contributed by atoms with Gasteiger partial charge < -0.3 is 9.42 Å². The summed E-state index contributed by atoms with van der Waals surface area (Å²) in [6.45, 7) is 4.36. The van der Waals surface area contributed by atoms with E-state index in [2.05, 4.69) is 10.1 Å². The first kappa shape index (κ1) is 16.1. The van der Waals surface area contributed by atoms with Crippen molar-refractivity contribution in [3.63, 3.8) is 0 Å². The Morgan fingerprint density at radius 1 is 1.42 bits per heavy atom. The molecule has 0 aliphatic carbocycles. The van der Waals surface area contributed by atoms with Crippen molar-refractivity contribution in [2.24, 2.45) is 0 Å². The van der Waals surface area contributed by atoms with E-state index in [1.54, 1.807) is 30.9 Å². The second-order valence-corrected chi connectivity index (χ2v) is 6.00. The number of hydrogen-bond acceptors (Lipinski definition) is 6. The Bertz CT molecular complexity index is 786. The van der Waals surface area contributed by atoms with Crippen LogP contribution >= 0.6 is 0 Å². The number of carbonyl (C=O) groups is 1. The molecule has 1 aromatic carbocycles. The number of carbonyl (C=O) groups excluding carboxylic acids is 1. The molecule has 8 nitrogen and oxygen atoms in total. The zero-order valence-electron chi connectivity index (χ0n) is 13.6. The first-order valence-corrected chi connectivity index (χ1v) is 7.81. The lowest BCUT2D eigenvalue weighted by Gasteiger charge is -2.31. The molecule has 0 N–H and O–H groups in total. The third kappa shape index (κ3) is 2.99. The predicted octanol–water partition coefficient (Wildman–Crippen LogP) is 2.61. The van der Waals surface area contributed by atoms with E-state index in [1.807, 2.05) is 0 Å². The van der Waals surface area contributed by atoms with Gasteiger partial charge in [-0.3, -0.25) is 14.9 Å². The summed E-state index contributed by atoms with van der Waals surface area (Å²) >= 11 is 0. The van der Waals surface area contributed by atoms with E-state index < -0.39 is 4.92 Å². The van der Waals surface area contributed by atoms with Crippen LogP contribution < -0.4 is 0 Å². The van der Waals surface area contributed by atoms with E-state index in [4.69, 9.17) is 4.52 Å². The lowest BCUT2D eigenvalue weighted by Crippen LogP contribution is -2.39. The van der Waals surface area contributed by atoms with Gasteiger partial charge in [0.2, 0.25) is 5.89 Å². The molecule has 126 valence electrons. The minimum atomic E-state index is -0.495. The quantitative estimate of drug-likeness (QED) is 0.633. The van der Waals surface area contributed by atoms with Gasteiger partial charge >= 0.3 is 0 Å². The van der Waals surface area contributed by atoms with Crippen molar-refractivity contribution in [1.29, 1.82) is 0 Å². The molecule has 1 unspecified atom stereocenters. The Morgan fingerprint density at radius 2 is 2.21 bits per heavy atom. The van der Waals surface area contributed by atoms with Gasteiger partial charge in [-0.2, -0.15) is 4.98 Å². The minimum Gasteiger partial charge on any atom is -0.339 e. The number of nitrogens with zero attached hydrogens (tertiary/aromatic N) is 4. The predicted molar refractivity (Wildman–Crippen MR) is 84.7 cm³/mol. The highest BCUT2D eigenvalue weighted by Crippen LogP contribution is 2.29. The highest BCUT2D eigenvalue weighted by Gasteiger charge is 2.32. The first-order chi connectivity index (χ1) is 11.5. The second kappa shape index (κ2) is 6.38. The highest BCUT2D eigenvalue weighted by molar-refractivity contribution is 5.98. The number of aromatic nitrogens is 2. The molecule has 0 spiro atoms. The number of rotatable bonds is 3. The number of likely N-dealkylation sites (tertiary alicyclic amines) is 1. The number of amides is 1. The molecular weight excluding hydrogens is 312 g/mol. The number of hydrogen-bond donors (Lipinski definition) is 0. The number of aryl methyl sites for hydroxylation is 2. The fourth-order valence-electron chi connectivity index (χ4n) is 3.09. The number of piperidine rings is 1. The fourth-order valence-corrected chi connectivity index (χ4v) is 3.09. The summed E-state index contributed by atoms with van der Waals surface area (Å²) in [5.74, 6) is 0.714. The number of nitro groups is 1. The Hall–Kier alpha value is -2.77. The molecule has 1 aromatic heterocycles. The first-order valence-electron chi connectivity index (χ1n) is 7.81. The van der Waals surface area contributed by atoms with E-state index in [-0.39, 0.29) is 23.1 Å². The van der Waals surface area contributed by atoms with Gasteiger partial charge in [0.15, 0.2) is 5.82 Å². The molecule has 2 heterocycles. The van der Waals surface area contributed by atoms with Crippen molar-refractivity contribution in [3.05, 3.63) is 51.2 Å². The number of benzene rings is 1. The van der Waals surface area contributed by atoms with Gasteiger partial charge in [0.1, 0.15) is 5.56 Å². The van der Waals surface area contributed by atoms with Crippen LogP contribution in [-0.2, 0) is 0 Å². The van der Waals surface area contributed by atoms with E-state index in [9.17, 15) is 14.9 Å². The third-order valence-corrected chi connectivity index (χ3v) is 4.25. The molecule has 2 aromatic rings. The SMILES string of the molecule is Cc1noc(C2CCCN(C(=O)c3cccc(C)c3[N+](=O)[O-])C2)n1. The van der Waals surface area contributed by atoms with Gasteiger partial charge in [0.25, 0.3) is 11.6 Å². The Balaban J connectivity index is 1.85. The molecule has 1 aliphatic rings. The van der Waals surface area contributed by atoms with E-state index in [0.29, 0.717) is 30.4 Å². The monoisotopic (exact) mass is 330 g/mol. The Kier molecular flexibility index (Phi) is 4.28. The molecular formula is C16H18N4O4. The third-order valence-electron chi connectivity index (χ3n) is 4.25. The van der Waals surface area contributed by atoms with Crippen LogP contribution in [0.3, 0.4) is 0 Å². The van der Waals surface area contributed by atoms with Crippen molar-refractivity contribution < 1.29 is 14.2 Å². The van der Waals surface area contributed by atoms with Crippen LogP contribution in [0.1, 0.15) is 46.4 Å². The molecule has 1 aliphatic heterocycles. The molecule has 3 rings (SSSR count). The van der Waals surface area contributed by atoms with Crippen LogP contribution in [0, 0.1) is 24.0 Å². The van der Waals surface area contributed by atoms with E-state index in [1.165, 1.54) is 6.07 Å². The van der Waals surface area contributed by atoms with E-state index >= 15 is 0 Å². The lowest BCUT2D eigenvalue weighted by molar-refractivity contribution is -0.385. The van der Waals surface area contributed by atoms with Gasteiger partial charge in [-0.25, -0.2) is 0 Å². The maximum absolute atomic E-state index is 12.8. The standard InChI is InChI=1S/C16H18N4O4/c1-10-5-3-7-13(14(10)20(22)23)16(21)19-8-4-6-12(9-19)15-17-11(2)18-24-15/h3,5,7,12H,4,6,8-9H2,1-2H3.